The minimum Gasteiger partial charge on any atom is -0.508 e. The third kappa shape index (κ3) is 28.4. The van der Waals surface area contributed by atoms with Crippen molar-refractivity contribution in [3.63, 3.8) is 0 Å². The molecule has 15 atom stereocenters. The van der Waals surface area contributed by atoms with E-state index in [2.05, 4.69) is 73.4 Å². The number of nitrogens with one attached hydrogen (secondary N) is 14. The van der Waals surface area contributed by atoms with Gasteiger partial charge in [-0.05, 0) is 173 Å². The standard InChI is InChI=1S/C96H126N18O20/c1-51(2)39-70(85(122)106-75(45-59-49-100-67-23-13-10-20-64(59)67)89(126)109-76(41-53(5)6)94(131)113-37-18-27-80(113)92(129)111-78(96(133)134)46-60-50-101-68-24-14-11-21-65(60)68)104-84(121)69(25-15-16-36-97)102-93(130)82(55(8)115)112-90(127)71(40-52(3)4)108-91(128)79-26-17-38-114(79)95(132)77(47-81(118)119)110-87(124)73(43-57-30-34-62(117)35-31-57)105-88(125)74(44-58-48-99-66-22-12-9-19-63(58)66)107-86(123)72(103-83(120)54(7)98)42-56-28-32-61(116)33-29-56/h9-14,19-24,28-35,48-55,69-80,82,99-101,115-117H,15-18,25-27,36-47,97-98H2,1-8H3,(H,102,130)(H,103,120)(H,104,121)(H,105,125)(H,106,122)(H,107,123)(H,108,128)(H,109,126)(H,110,124)(H,111,129)(H,112,127)(H,118,119)(H,133,134)/t54-,55+,69-,70-,71-,72-,73-,74-,75-,76-,77-,78-,79-,80-,82-/m0/s1. The summed E-state index contributed by atoms with van der Waals surface area (Å²) in [5.41, 5.74) is 16.7. The number of carboxylic acids is 2. The molecule has 0 radical (unpaired) electrons. The van der Waals surface area contributed by atoms with Gasteiger partial charge in [0, 0.05) is 96.5 Å². The molecular formula is C96H126N18O20. The van der Waals surface area contributed by atoms with E-state index in [-0.39, 0.29) is 132 Å². The number of aromatic nitrogens is 3. The van der Waals surface area contributed by atoms with Gasteiger partial charge in [-0.25, -0.2) is 4.79 Å². The number of amides is 13. The number of carbonyl (C=O) groups excluding carboxylic acids is 13. The second kappa shape index (κ2) is 48.1. The quantitative estimate of drug-likeness (QED) is 0.0244. The fourth-order valence-corrected chi connectivity index (χ4v) is 17.0. The number of aliphatic hydroxyl groups excluding tert-OH is 1. The molecule has 0 saturated carbocycles. The van der Waals surface area contributed by atoms with Gasteiger partial charge in [-0.1, -0.05) is 120 Å². The predicted octanol–water partition coefficient (Wildman–Crippen LogP) is 2.92. The van der Waals surface area contributed by atoms with Gasteiger partial charge in [0.25, 0.3) is 0 Å². The number of nitrogens with zero attached hydrogens (tertiary/aromatic N) is 2. The van der Waals surface area contributed by atoms with Gasteiger partial charge in [0.1, 0.15) is 90.0 Å². The number of hydrogen-bond acceptors (Lipinski definition) is 20. The minimum absolute atomic E-state index is 0.0276. The molecule has 2 fully saturated rings. The van der Waals surface area contributed by atoms with Crippen molar-refractivity contribution in [2.75, 3.05) is 19.6 Å². The lowest BCUT2D eigenvalue weighted by Gasteiger charge is -2.31. The van der Waals surface area contributed by atoms with E-state index in [1.165, 1.54) is 67.3 Å². The third-order valence-corrected chi connectivity index (χ3v) is 23.9. The Labute approximate surface area is 775 Å². The fourth-order valence-electron chi connectivity index (χ4n) is 17.0. The number of aromatic hydroxyl groups is 2. The maximum Gasteiger partial charge on any atom is 0.326 e. The largest absolute Gasteiger partial charge is 0.508 e. The Kier molecular flexibility index (Phi) is 36.7. The van der Waals surface area contributed by atoms with E-state index < -0.39 is 186 Å². The number of aromatic amines is 3. The Hall–Kier alpha value is -13.8. The van der Waals surface area contributed by atoms with Gasteiger partial charge in [0.05, 0.1) is 18.6 Å². The number of carboxylic acid groups (broad SMARTS) is 2. The summed E-state index contributed by atoms with van der Waals surface area (Å²) in [5.74, 6) is -15.5. The van der Waals surface area contributed by atoms with Gasteiger partial charge in [-0.15, -0.1) is 0 Å². The highest BCUT2D eigenvalue weighted by Crippen LogP contribution is 2.28. The number of H-pyrrole nitrogens is 3. The predicted molar refractivity (Wildman–Crippen MR) is 497 cm³/mol. The number of fused-ring (bicyclic) bond motifs is 3. The molecule has 38 nitrogen and oxygen atoms in total. The van der Waals surface area contributed by atoms with E-state index in [9.17, 15) is 73.5 Å². The van der Waals surface area contributed by atoms with Crippen LogP contribution in [-0.4, -0.2) is 249 Å². The number of likely N-dealkylation sites (tertiary alicyclic amines) is 2. The zero-order valence-corrected chi connectivity index (χ0v) is 76.5. The Morgan fingerprint density at radius 2 is 0.724 bits per heavy atom. The average molecular weight is 1850 g/mol. The van der Waals surface area contributed by atoms with Crippen molar-refractivity contribution in [3.05, 3.63) is 168 Å². The first kappa shape index (κ1) is 102. The van der Waals surface area contributed by atoms with Crippen LogP contribution in [0, 0.1) is 17.8 Å². The summed E-state index contributed by atoms with van der Waals surface area (Å²) in [6, 6.07) is 12.6. The molecule has 10 rings (SSSR count). The van der Waals surface area contributed by atoms with Gasteiger partial charge < -0.3 is 120 Å². The van der Waals surface area contributed by atoms with E-state index in [4.69, 9.17) is 11.5 Å². The Balaban J connectivity index is 0.829. The molecule has 5 heterocycles. The van der Waals surface area contributed by atoms with Crippen molar-refractivity contribution in [3.8, 4) is 11.5 Å². The van der Waals surface area contributed by atoms with Crippen LogP contribution < -0.4 is 70.0 Å². The molecule has 0 bridgehead atoms. The van der Waals surface area contributed by atoms with Crippen LogP contribution in [0.2, 0.25) is 0 Å². The molecule has 134 heavy (non-hydrogen) atoms. The molecule has 720 valence electrons. The number of rotatable bonds is 48. The van der Waals surface area contributed by atoms with Crippen LogP contribution >= 0.6 is 0 Å². The van der Waals surface area contributed by atoms with E-state index in [0.29, 0.717) is 62.5 Å². The van der Waals surface area contributed by atoms with Crippen molar-refractivity contribution in [1.82, 2.24) is 83.2 Å². The highest BCUT2D eigenvalue weighted by molar-refractivity contribution is 6.02. The van der Waals surface area contributed by atoms with Crippen LogP contribution in [0.15, 0.2) is 140 Å². The number of phenols is 2. The minimum atomic E-state index is -1.93. The number of phenolic OH excluding ortho intramolecular Hbond substituents is 2. The maximum absolute atomic E-state index is 15.2. The number of benzene rings is 5. The van der Waals surface area contributed by atoms with Crippen molar-refractivity contribution in [2.45, 2.75) is 249 Å². The highest BCUT2D eigenvalue weighted by Gasteiger charge is 2.45. The van der Waals surface area contributed by atoms with E-state index in [1.54, 1.807) is 76.6 Å². The molecule has 38 heteroatoms. The van der Waals surface area contributed by atoms with Gasteiger partial charge in [0.2, 0.25) is 76.8 Å². The molecule has 23 N–H and O–H groups in total. The molecule has 2 saturated heterocycles. The second-order valence-corrected chi connectivity index (χ2v) is 36.0. The first-order chi connectivity index (χ1) is 63.8. The summed E-state index contributed by atoms with van der Waals surface area (Å²) in [6.45, 7) is 13.4. The van der Waals surface area contributed by atoms with Gasteiger partial charge in [0.15, 0.2) is 0 Å². The molecule has 0 aliphatic carbocycles. The summed E-state index contributed by atoms with van der Waals surface area (Å²) in [6.07, 6.45) is 2.45. The molecule has 0 unspecified atom stereocenters. The van der Waals surface area contributed by atoms with Crippen molar-refractivity contribution < 1.29 is 97.5 Å². The average Bonchev–Trinajstić information content (AvgIpc) is 1.56. The molecular weight excluding hydrogens is 1730 g/mol. The van der Waals surface area contributed by atoms with Crippen molar-refractivity contribution in [2.24, 2.45) is 29.2 Å². The maximum atomic E-state index is 15.2. The van der Waals surface area contributed by atoms with Crippen LogP contribution in [0.3, 0.4) is 0 Å². The Morgan fingerprint density at radius 3 is 1.13 bits per heavy atom. The zero-order chi connectivity index (χ0) is 97.3. The zero-order valence-electron chi connectivity index (χ0n) is 76.5. The first-order valence-corrected chi connectivity index (χ1v) is 45.6. The fraction of sp³-hybridized carbons (Fsp3) is 0.469. The van der Waals surface area contributed by atoms with Gasteiger partial charge in [-0.2, -0.15) is 0 Å². The molecule has 8 aromatic rings. The van der Waals surface area contributed by atoms with Crippen molar-refractivity contribution >= 4 is 121 Å². The number of unbranched alkanes of at least 4 members (excludes halogenated alkanes) is 1. The van der Waals surface area contributed by atoms with E-state index >= 15 is 24.0 Å². The number of hydrogen-bond donors (Lipinski definition) is 21. The first-order valence-electron chi connectivity index (χ1n) is 45.6. The van der Waals surface area contributed by atoms with Crippen LogP contribution in [0.25, 0.3) is 32.7 Å². The van der Waals surface area contributed by atoms with Crippen molar-refractivity contribution in [1.29, 1.82) is 0 Å². The van der Waals surface area contributed by atoms with Crippen LogP contribution in [0.5, 0.6) is 11.5 Å². The second-order valence-electron chi connectivity index (χ2n) is 36.0. The van der Waals surface area contributed by atoms with Gasteiger partial charge >= 0.3 is 11.9 Å². The molecule has 5 aromatic carbocycles. The monoisotopic (exact) mass is 1850 g/mol. The molecule has 2 aliphatic rings. The summed E-state index contributed by atoms with van der Waals surface area (Å²) < 4.78 is 0. The van der Waals surface area contributed by atoms with Gasteiger partial charge in [-0.3, -0.25) is 67.1 Å². The van der Waals surface area contributed by atoms with E-state index in [1.807, 2.05) is 56.3 Å². The number of aliphatic carboxylic acids is 2. The van der Waals surface area contributed by atoms with Crippen LogP contribution in [0.4, 0.5) is 0 Å². The summed E-state index contributed by atoms with van der Waals surface area (Å²) >= 11 is 0. The molecule has 3 aromatic heterocycles. The molecule has 0 spiro atoms. The molecule has 13 amide bonds. The third-order valence-electron chi connectivity index (χ3n) is 23.9. The SMILES string of the molecule is CC(C)C[C@H](NC(=O)[C@H](CCCCN)NC(=O)[C@@H](NC(=O)[C@H](CC(C)C)NC(=O)[C@@H]1CCCN1C(=O)[C@H](CC(=O)O)NC(=O)[C@H](Cc1ccc(O)cc1)NC(=O)[C@H](Cc1c[nH]c2ccccc12)NC(=O)[C@H](Cc1ccc(O)cc1)NC(=O)[C@H](C)N)[C@@H](C)O)C(=O)N[C@@H](Cc1c[nH]c2ccccc12)C(=O)N[C@@H](CC(C)C)C(=O)N1CCC[C@H]1C(=O)N[C@@H](Cc1c[nH]c2ccccc12)C(=O)O. The Bertz CT molecular complexity index is 5480. The number of para-hydroxylation sites is 3. The Morgan fingerprint density at radius 1 is 0.388 bits per heavy atom. The highest BCUT2D eigenvalue weighted by atomic mass is 16.4. The topological polar surface area (TPSA) is 595 Å². The smallest absolute Gasteiger partial charge is 0.326 e. The lowest BCUT2D eigenvalue weighted by molar-refractivity contribution is -0.146. The lowest BCUT2D eigenvalue weighted by Crippen LogP contribution is -2.62. The van der Waals surface area contributed by atoms with E-state index in [0.717, 1.165) is 15.8 Å². The van der Waals surface area contributed by atoms with Crippen LogP contribution in [0.1, 0.15) is 154 Å². The number of carbonyl (C=O) groups is 15. The molecule has 2 aliphatic heterocycles. The van der Waals surface area contributed by atoms with Crippen LogP contribution in [-0.2, 0) is 104 Å². The lowest BCUT2D eigenvalue weighted by atomic mass is 9.98. The summed E-state index contributed by atoms with van der Waals surface area (Å²) in [7, 11) is 0. The summed E-state index contributed by atoms with van der Waals surface area (Å²) in [5, 5.41) is 84.3. The summed E-state index contributed by atoms with van der Waals surface area (Å²) in [4.78, 5) is 229. The number of aliphatic hydroxyl groups is 1. The normalized spacial score (nSPS) is 16.7. The number of nitrogens with two attached hydrogens (primary N) is 2.